The second kappa shape index (κ2) is 5.06. The van der Waals surface area contributed by atoms with Gasteiger partial charge >= 0.3 is 0 Å². The van der Waals surface area contributed by atoms with Crippen molar-refractivity contribution in [1.29, 1.82) is 0 Å². The van der Waals surface area contributed by atoms with Crippen molar-refractivity contribution in [3.8, 4) is 0 Å². The number of hydrogen-bond acceptors (Lipinski definition) is 4. The molecule has 5 heteroatoms. The summed E-state index contributed by atoms with van der Waals surface area (Å²) in [5, 5.41) is 2.28. The maximum atomic E-state index is 4.58. The van der Waals surface area contributed by atoms with E-state index in [9.17, 15) is 0 Å². The lowest BCUT2D eigenvalue weighted by Crippen LogP contribution is -2.50. The molecule has 1 saturated heterocycles. The SMILES string of the molecule is CN1CCN(NCc2cn3ccccc3n2)CC1. The van der Waals surface area contributed by atoms with E-state index in [1.165, 1.54) is 0 Å². The molecule has 0 saturated carbocycles. The Morgan fingerprint density at radius 2 is 2.06 bits per heavy atom. The number of aromatic nitrogens is 2. The van der Waals surface area contributed by atoms with E-state index in [1.807, 2.05) is 24.4 Å². The summed E-state index contributed by atoms with van der Waals surface area (Å²) < 4.78 is 2.06. The lowest BCUT2D eigenvalue weighted by molar-refractivity contribution is 0.102. The van der Waals surface area contributed by atoms with Gasteiger partial charge in [0, 0.05) is 38.6 Å². The molecule has 1 N–H and O–H groups in total. The zero-order valence-corrected chi connectivity index (χ0v) is 10.7. The first-order chi connectivity index (χ1) is 8.81. The Morgan fingerprint density at radius 1 is 1.22 bits per heavy atom. The van der Waals surface area contributed by atoms with Gasteiger partial charge in [-0.3, -0.25) is 0 Å². The summed E-state index contributed by atoms with van der Waals surface area (Å²) in [5.74, 6) is 0. The number of rotatable bonds is 3. The predicted octanol–water partition coefficient (Wildman–Crippen LogP) is 0.586. The van der Waals surface area contributed by atoms with Gasteiger partial charge in [0.1, 0.15) is 5.65 Å². The van der Waals surface area contributed by atoms with E-state index in [0.29, 0.717) is 0 Å². The fourth-order valence-electron chi connectivity index (χ4n) is 2.23. The van der Waals surface area contributed by atoms with Crippen LogP contribution in [0.25, 0.3) is 5.65 Å². The Balaban J connectivity index is 1.59. The molecule has 0 unspecified atom stereocenters. The third kappa shape index (κ3) is 2.53. The van der Waals surface area contributed by atoms with Crippen LogP contribution < -0.4 is 5.43 Å². The van der Waals surface area contributed by atoms with Gasteiger partial charge in [-0.05, 0) is 19.2 Å². The lowest BCUT2D eigenvalue weighted by atomic mass is 10.4. The van der Waals surface area contributed by atoms with Crippen LogP contribution in [-0.2, 0) is 6.54 Å². The maximum absolute atomic E-state index is 4.58. The second-order valence-corrected chi connectivity index (χ2v) is 4.82. The molecule has 0 amide bonds. The first kappa shape index (κ1) is 11.6. The summed E-state index contributed by atoms with van der Waals surface area (Å²) >= 11 is 0. The Bertz CT molecular complexity index is 480. The molecule has 3 heterocycles. The highest BCUT2D eigenvalue weighted by atomic mass is 15.5. The molecule has 1 aliphatic heterocycles. The van der Waals surface area contributed by atoms with Gasteiger partial charge < -0.3 is 9.30 Å². The number of hydrogen-bond donors (Lipinski definition) is 1. The quantitative estimate of drug-likeness (QED) is 0.858. The van der Waals surface area contributed by atoms with Gasteiger partial charge in [-0.2, -0.15) is 0 Å². The van der Waals surface area contributed by atoms with Crippen LogP contribution in [0.3, 0.4) is 0 Å². The highest BCUT2D eigenvalue weighted by molar-refractivity contribution is 5.39. The van der Waals surface area contributed by atoms with E-state index in [1.54, 1.807) is 0 Å². The molecule has 2 aromatic heterocycles. The molecule has 0 spiro atoms. The van der Waals surface area contributed by atoms with E-state index in [2.05, 4.69) is 38.0 Å². The molecule has 0 atom stereocenters. The summed E-state index contributed by atoms with van der Waals surface area (Å²) in [6.45, 7) is 5.19. The molecule has 18 heavy (non-hydrogen) atoms. The average Bonchev–Trinajstić information content (AvgIpc) is 2.81. The minimum atomic E-state index is 0.797. The Kier molecular flexibility index (Phi) is 3.27. The molecule has 0 aromatic carbocycles. The smallest absolute Gasteiger partial charge is 0.137 e. The largest absolute Gasteiger partial charge is 0.307 e. The van der Waals surface area contributed by atoms with Crippen LogP contribution >= 0.6 is 0 Å². The number of piperazine rings is 1. The summed E-state index contributed by atoms with van der Waals surface area (Å²) in [6, 6.07) is 6.06. The summed E-state index contributed by atoms with van der Waals surface area (Å²) in [6.07, 6.45) is 4.11. The van der Waals surface area contributed by atoms with E-state index >= 15 is 0 Å². The van der Waals surface area contributed by atoms with Gasteiger partial charge in [0.25, 0.3) is 0 Å². The minimum Gasteiger partial charge on any atom is -0.307 e. The zero-order valence-electron chi connectivity index (χ0n) is 10.7. The highest BCUT2D eigenvalue weighted by Crippen LogP contribution is 2.04. The fraction of sp³-hybridized carbons (Fsp3) is 0.462. The number of hydrazine groups is 1. The number of likely N-dealkylation sites (N-methyl/N-ethyl adjacent to an activating group) is 1. The van der Waals surface area contributed by atoms with Crippen molar-refractivity contribution in [2.24, 2.45) is 0 Å². The number of nitrogens with one attached hydrogen (secondary N) is 1. The topological polar surface area (TPSA) is 35.8 Å². The van der Waals surface area contributed by atoms with Crippen molar-refractivity contribution >= 4 is 5.65 Å². The molecule has 1 fully saturated rings. The van der Waals surface area contributed by atoms with Crippen molar-refractivity contribution in [2.45, 2.75) is 6.54 Å². The van der Waals surface area contributed by atoms with Gasteiger partial charge in [0.15, 0.2) is 0 Å². The Labute approximate surface area is 107 Å². The van der Waals surface area contributed by atoms with Crippen molar-refractivity contribution in [1.82, 2.24) is 24.7 Å². The Morgan fingerprint density at radius 3 is 2.83 bits per heavy atom. The molecule has 1 aliphatic rings. The molecular weight excluding hydrogens is 226 g/mol. The summed E-state index contributed by atoms with van der Waals surface area (Å²) in [4.78, 5) is 6.93. The van der Waals surface area contributed by atoms with Crippen LogP contribution in [0, 0.1) is 0 Å². The van der Waals surface area contributed by atoms with Crippen LogP contribution in [0.5, 0.6) is 0 Å². The van der Waals surface area contributed by atoms with E-state index in [-0.39, 0.29) is 0 Å². The summed E-state index contributed by atoms with van der Waals surface area (Å²) in [7, 11) is 2.17. The molecular formula is C13H19N5. The maximum Gasteiger partial charge on any atom is 0.137 e. The zero-order chi connectivity index (χ0) is 12.4. The van der Waals surface area contributed by atoms with Crippen LogP contribution in [0.15, 0.2) is 30.6 Å². The summed E-state index contributed by atoms with van der Waals surface area (Å²) in [5.41, 5.74) is 5.54. The van der Waals surface area contributed by atoms with Crippen molar-refractivity contribution in [3.63, 3.8) is 0 Å². The van der Waals surface area contributed by atoms with Gasteiger partial charge in [-0.1, -0.05) is 6.07 Å². The molecule has 0 aliphatic carbocycles. The number of imidazole rings is 1. The van der Waals surface area contributed by atoms with Crippen LogP contribution in [-0.4, -0.2) is 52.5 Å². The Hall–Kier alpha value is -1.43. The molecule has 0 radical (unpaired) electrons. The first-order valence-corrected chi connectivity index (χ1v) is 6.41. The van der Waals surface area contributed by atoms with Gasteiger partial charge in [-0.15, -0.1) is 0 Å². The first-order valence-electron chi connectivity index (χ1n) is 6.41. The van der Waals surface area contributed by atoms with E-state index in [4.69, 9.17) is 0 Å². The number of pyridine rings is 1. The molecule has 96 valence electrons. The van der Waals surface area contributed by atoms with Gasteiger partial charge in [0.05, 0.1) is 12.2 Å². The third-order valence-electron chi connectivity index (χ3n) is 3.40. The molecule has 2 aromatic rings. The monoisotopic (exact) mass is 245 g/mol. The van der Waals surface area contributed by atoms with E-state index in [0.717, 1.165) is 44.1 Å². The lowest BCUT2D eigenvalue weighted by Gasteiger charge is -2.32. The normalized spacial score (nSPS) is 18.5. The van der Waals surface area contributed by atoms with Gasteiger partial charge in [-0.25, -0.2) is 15.4 Å². The van der Waals surface area contributed by atoms with Crippen molar-refractivity contribution in [2.75, 3.05) is 33.2 Å². The van der Waals surface area contributed by atoms with Crippen LogP contribution in [0.4, 0.5) is 0 Å². The molecule has 0 bridgehead atoms. The van der Waals surface area contributed by atoms with E-state index < -0.39 is 0 Å². The third-order valence-corrected chi connectivity index (χ3v) is 3.40. The average molecular weight is 245 g/mol. The standard InChI is InChI=1S/C13H19N5/c1-16-6-8-18(9-7-16)14-10-12-11-17-5-3-2-4-13(17)15-12/h2-5,11,14H,6-10H2,1H3. The second-order valence-electron chi connectivity index (χ2n) is 4.82. The predicted molar refractivity (Wildman–Crippen MR) is 71.1 cm³/mol. The van der Waals surface area contributed by atoms with Gasteiger partial charge in [0.2, 0.25) is 0 Å². The van der Waals surface area contributed by atoms with Crippen LogP contribution in [0.1, 0.15) is 5.69 Å². The minimum absolute atomic E-state index is 0.797. The number of fused-ring (bicyclic) bond motifs is 1. The highest BCUT2D eigenvalue weighted by Gasteiger charge is 2.13. The van der Waals surface area contributed by atoms with Crippen molar-refractivity contribution in [3.05, 3.63) is 36.3 Å². The van der Waals surface area contributed by atoms with Crippen LogP contribution in [0.2, 0.25) is 0 Å². The molecule has 3 rings (SSSR count). The fourth-order valence-corrected chi connectivity index (χ4v) is 2.23. The number of nitrogens with zero attached hydrogens (tertiary/aromatic N) is 4. The molecule has 5 nitrogen and oxygen atoms in total. The van der Waals surface area contributed by atoms with Crippen molar-refractivity contribution < 1.29 is 0 Å².